The number of hydrogen-bond acceptors (Lipinski definition) is 2. The molecule has 0 spiro atoms. The van der Waals surface area contributed by atoms with Gasteiger partial charge in [0, 0.05) is 0 Å². The van der Waals surface area contributed by atoms with Gasteiger partial charge in [0.15, 0.2) is 0 Å². The maximum absolute atomic E-state index is 6.40. The Kier molecular flexibility index (Phi) is 5.23. The van der Waals surface area contributed by atoms with Gasteiger partial charge in [0.1, 0.15) is 0 Å². The normalized spacial score (nSPS) is 12.7. The second-order valence-electron chi connectivity index (χ2n) is 4.49. The van der Waals surface area contributed by atoms with Crippen LogP contribution in [0.3, 0.4) is 0 Å². The molecule has 1 nitrogen and oxygen atoms in total. The van der Waals surface area contributed by atoms with Crippen LogP contribution < -0.4 is 5.73 Å². The molecule has 0 radical (unpaired) electrons. The molecule has 0 amide bonds. The smallest absolute Gasteiger partial charge is 0.0761 e. The van der Waals surface area contributed by atoms with Crippen molar-refractivity contribution >= 4 is 43.2 Å². The van der Waals surface area contributed by atoms with Crippen LogP contribution in [0, 0.1) is 0 Å². The molecule has 19 heavy (non-hydrogen) atoms. The van der Waals surface area contributed by atoms with Gasteiger partial charge in [-0.25, -0.2) is 0 Å². The molecule has 1 aromatic heterocycles. The van der Waals surface area contributed by atoms with Gasteiger partial charge in [-0.1, -0.05) is 32.0 Å². The minimum Gasteiger partial charge on any atom is -0.320 e. The summed E-state index contributed by atoms with van der Waals surface area (Å²) in [6.07, 6.45) is 2.13. The van der Waals surface area contributed by atoms with E-state index in [9.17, 15) is 0 Å². The molecule has 0 aliphatic carbocycles. The van der Waals surface area contributed by atoms with Gasteiger partial charge < -0.3 is 5.73 Å². The Morgan fingerprint density at radius 1 is 1.11 bits per heavy atom. The van der Waals surface area contributed by atoms with Crippen molar-refractivity contribution in [2.75, 3.05) is 0 Å². The van der Waals surface area contributed by atoms with Crippen LogP contribution in [0.25, 0.3) is 0 Å². The molecule has 0 saturated heterocycles. The molecular weight excluding hydrogens is 386 g/mol. The number of aryl methyl sites for hydroxylation is 2. The van der Waals surface area contributed by atoms with Crippen molar-refractivity contribution < 1.29 is 0 Å². The van der Waals surface area contributed by atoms with E-state index in [1.54, 1.807) is 11.3 Å². The Morgan fingerprint density at radius 2 is 1.79 bits per heavy atom. The first-order valence-electron chi connectivity index (χ1n) is 6.38. The Balaban J connectivity index is 2.39. The fraction of sp³-hybridized carbons (Fsp3) is 0.333. The van der Waals surface area contributed by atoms with E-state index < -0.39 is 0 Å². The van der Waals surface area contributed by atoms with E-state index in [1.165, 1.54) is 16.7 Å². The molecule has 4 heteroatoms. The Morgan fingerprint density at radius 3 is 2.32 bits per heavy atom. The molecule has 1 heterocycles. The lowest BCUT2D eigenvalue weighted by Crippen LogP contribution is -2.12. The van der Waals surface area contributed by atoms with Crippen LogP contribution in [0.15, 0.2) is 31.8 Å². The van der Waals surface area contributed by atoms with E-state index in [2.05, 4.69) is 70.0 Å². The standard InChI is InChI=1S/C15H17Br2NS/c1-3-9-5-6-11(7-10(9)4-2)14(18)12-8-13(16)19-15(12)17/h5-8,14H,3-4,18H2,1-2H3. The van der Waals surface area contributed by atoms with E-state index in [1.807, 2.05) is 0 Å². The zero-order valence-electron chi connectivity index (χ0n) is 11.0. The summed E-state index contributed by atoms with van der Waals surface area (Å²) in [6.45, 7) is 4.39. The third-order valence-electron chi connectivity index (χ3n) is 3.37. The largest absolute Gasteiger partial charge is 0.320 e. The van der Waals surface area contributed by atoms with Crippen molar-refractivity contribution in [3.05, 3.63) is 54.1 Å². The van der Waals surface area contributed by atoms with E-state index in [0.717, 1.165) is 26.0 Å². The highest BCUT2D eigenvalue weighted by atomic mass is 79.9. The van der Waals surface area contributed by atoms with Crippen molar-refractivity contribution in [1.82, 2.24) is 0 Å². The molecule has 1 unspecified atom stereocenters. The quantitative estimate of drug-likeness (QED) is 0.723. The van der Waals surface area contributed by atoms with E-state index in [-0.39, 0.29) is 6.04 Å². The molecule has 0 saturated carbocycles. The van der Waals surface area contributed by atoms with Gasteiger partial charge >= 0.3 is 0 Å². The first kappa shape index (κ1) is 15.2. The molecule has 0 bridgehead atoms. The molecule has 0 aliphatic heterocycles. The van der Waals surface area contributed by atoms with Crippen molar-refractivity contribution in [1.29, 1.82) is 0 Å². The van der Waals surface area contributed by atoms with Crippen LogP contribution >= 0.6 is 43.2 Å². The number of halogens is 2. The summed E-state index contributed by atoms with van der Waals surface area (Å²) in [4.78, 5) is 0. The molecule has 1 aromatic carbocycles. The number of benzene rings is 1. The molecule has 0 fully saturated rings. The van der Waals surface area contributed by atoms with Crippen LogP contribution in [0.1, 0.15) is 42.1 Å². The fourth-order valence-electron chi connectivity index (χ4n) is 2.26. The SMILES string of the molecule is CCc1ccc(C(N)c2cc(Br)sc2Br)cc1CC. The Hall–Kier alpha value is -0.160. The summed E-state index contributed by atoms with van der Waals surface area (Å²) in [7, 11) is 0. The maximum atomic E-state index is 6.40. The number of rotatable bonds is 4. The van der Waals surface area contributed by atoms with Crippen LogP contribution in [0.2, 0.25) is 0 Å². The van der Waals surface area contributed by atoms with Crippen LogP contribution in [0.4, 0.5) is 0 Å². The first-order chi connectivity index (χ1) is 9.06. The van der Waals surface area contributed by atoms with Crippen molar-refractivity contribution in [2.24, 2.45) is 5.73 Å². The minimum atomic E-state index is -0.0758. The van der Waals surface area contributed by atoms with Gasteiger partial charge in [-0.3, -0.25) is 0 Å². The predicted molar refractivity (Wildman–Crippen MR) is 90.9 cm³/mol. The van der Waals surface area contributed by atoms with Gasteiger partial charge in [-0.15, -0.1) is 11.3 Å². The van der Waals surface area contributed by atoms with Crippen molar-refractivity contribution in [2.45, 2.75) is 32.7 Å². The highest BCUT2D eigenvalue weighted by Gasteiger charge is 2.16. The van der Waals surface area contributed by atoms with Gasteiger partial charge in [-0.05, 0) is 73.0 Å². The average molecular weight is 403 g/mol. The maximum Gasteiger partial charge on any atom is 0.0761 e. The van der Waals surface area contributed by atoms with Crippen LogP contribution in [0.5, 0.6) is 0 Å². The third kappa shape index (κ3) is 3.30. The van der Waals surface area contributed by atoms with E-state index in [4.69, 9.17) is 5.73 Å². The molecule has 2 N–H and O–H groups in total. The number of thiophene rings is 1. The average Bonchev–Trinajstić information content (AvgIpc) is 2.76. The van der Waals surface area contributed by atoms with Gasteiger partial charge in [0.25, 0.3) is 0 Å². The lowest BCUT2D eigenvalue weighted by atomic mass is 9.95. The summed E-state index contributed by atoms with van der Waals surface area (Å²) in [5, 5.41) is 0. The zero-order chi connectivity index (χ0) is 14.0. The van der Waals surface area contributed by atoms with Crippen molar-refractivity contribution in [3.8, 4) is 0 Å². The minimum absolute atomic E-state index is 0.0758. The first-order valence-corrected chi connectivity index (χ1v) is 8.79. The molecule has 2 aromatic rings. The monoisotopic (exact) mass is 401 g/mol. The Bertz CT molecular complexity index is 578. The molecule has 0 aliphatic rings. The van der Waals surface area contributed by atoms with E-state index >= 15 is 0 Å². The Labute approximate surface area is 135 Å². The summed E-state index contributed by atoms with van der Waals surface area (Å²) in [5.41, 5.74) is 11.5. The summed E-state index contributed by atoms with van der Waals surface area (Å²) in [5.74, 6) is 0. The van der Waals surface area contributed by atoms with Crippen LogP contribution in [-0.2, 0) is 12.8 Å². The van der Waals surface area contributed by atoms with Crippen LogP contribution in [-0.4, -0.2) is 0 Å². The second kappa shape index (κ2) is 6.53. The second-order valence-corrected chi connectivity index (χ2v) is 8.24. The van der Waals surface area contributed by atoms with Gasteiger partial charge in [0.2, 0.25) is 0 Å². The summed E-state index contributed by atoms with van der Waals surface area (Å²) >= 11 is 8.76. The molecule has 2 rings (SSSR count). The predicted octanol–water partition coefficient (Wildman–Crippen LogP) is 5.45. The molecular formula is C15H17Br2NS. The topological polar surface area (TPSA) is 26.0 Å². The lowest BCUT2D eigenvalue weighted by molar-refractivity contribution is 0.864. The molecule has 102 valence electrons. The number of hydrogen-bond donors (Lipinski definition) is 1. The van der Waals surface area contributed by atoms with Gasteiger partial charge in [-0.2, -0.15) is 0 Å². The highest BCUT2D eigenvalue weighted by molar-refractivity contribution is 9.12. The van der Waals surface area contributed by atoms with Crippen molar-refractivity contribution in [3.63, 3.8) is 0 Å². The summed E-state index contributed by atoms with van der Waals surface area (Å²) < 4.78 is 2.20. The fourth-order valence-corrected chi connectivity index (χ4v) is 5.19. The number of nitrogens with two attached hydrogens (primary N) is 1. The summed E-state index contributed by atoms with van der Waals surface area (Å²) in [6, 6.07) is 8.64. The highest BCUT2D eigenvalue weighted by Crippen LogP contribution is 2.37. The third-order valence-corrected chi connectivity index (χ3v) is 5.76. The van der Waals surface area contributed by atoms with Gasteiger partial charge in [0.05, 0.1) is 13.6 Å². The van der Waals surface area contributed by atoms with E-state index in [0.29, 0.717) is 0 Å². The zero-order valence-corrected chi connectivity index (χ0v) is 15.0. The lowest BCUT2D eigenvalue weighted by Gasteiger charge is -2.15. The molecule has 1 atom stereocenters.